The van der Waals surface area contributed by atoms with E-state index in [0.29, 0.717) is 6.42 Å². The first kappa shape index (κ1) is 17.3. The molecule has 25 heavy (non-hydrogen) atoms. The summed E-state index contributed by atoms with van der Waals surface area (Å²) in [4.78, 5) is 21.1. The molecule has 0 bridgehead atoms. The quantitative estimate of drug-likeness (QED) is 0.727. The van der Waals surface area contributed by atoms with Crippen molar-refractivity contribution in [2.45, 2.75) is 33.1 Å². The van der Waals surface area contributed by atoms with Gasteiger partial charge in [-0.05, 0) is 44.0 Å². The third-order valence-corrected chi connectivity index (χ3v) is 4.88. The van der Waals surface area contributed by atoms with Crippen molar-refractivity contribution in [3.63, 3.8) is 0 Å². The van der Waals surface area contributed by atoms with Crippen molar-refractivity contribution < 1.29 is 4.79 Å². The molecule has 1 aromatic carbocycles. The van der Waals surface area contributed by atoms with E-state index in [9.17, 15) is 4.79 Å². The summed E-state index contributed by atoms with van der Waals surface area (Å²) in [5.74, 6) is -0.0338. The summed E-state index contributed by atoms with van der Waals surface area (Å²) in [6.07, 6.45) is 3.82. The van der Waals surface area contributed by atoms with Gasteiger partial charge in [-0.25, -0.2) is 4.98 Å². The summed E-state index contributed by atoms with van der Waals surface area (Å²) < 4.78 is 0. The van der Waals surface area contributed by atoms with Crippen LogP contribution in [0.4, 0.5) is 5.69 Å². The highest BCUT2D eigenvalue weighted by atomic mass is 32.1. The van der Waals surface area contributed by atoms with Crippen LogP contribution in [0.3, 0.4) is 0 Å². The minimum atomic E-state index is -0.0338. The molecule has 0 aliphatic heterocycles. The molecule has 3 rings (SSSR count). The monoisotopic (exact) mass is 351 g/mol. The Kier molecular flexibility index (Phi) is 5.56. The zero-order valence-electron chi connectivity index (χ0n) is 14.5. The van der Waals surface area contributed by atoms with E-state index in [1.165, 1.54) is 5.56 Å². The number of hydrogen-bond donors (Lipinski definition) is 1. The zero-order valence-corrected chi connectivity index (χ0v) is 15.3. The number of benzene rings is 1. The molecule has 0 saturated heterocycles. The summed E-state index contributed by atoms with van der Waals surface area (Å²) in [5, 5.41) is 5.98. The predicted molar refractivity (Wildman–Crippen MR) is 102 cm³/mol. The van der Waals surface area contributed by atoms with Gasteiger partial charge in [0.25, 0.3) is 0 Å². The van der Waals surface area contributed by atoms with E-state index in [1.807, 2.05) is 49.6 Å². The Bertz CT molecular complexity index is 858. The van der Waals surface area contributed by atoms with Gasteiger partial charge in [-0.2, -0.15) is 0 Å². The van der Waals surface area contributed by atoms with Crippen LogP contribution < -0.4 is 5.32 Å². The lowest BCUT2D eigenvalue weighted by Gasteiger charge is -2.08. The van der Waals surface area contributed by atoms with Crippen molar-refractivity contribution in [1.29, 1.82) is 0 Å². The van der Waals surface area contributed by atoms with E-state index in [1.54, 1.807) is 17.5 Å². The number of pyridine rings is 1. The van der Waals surface area contributed by atoms with Crippen LogP contribution in [-0.4, -0.2) is 15.9 Å². The number of carbonyl (C=O) groups is 1. The smallest absolute Gasteiger partial charge is 0.230 e. The molecule has 2 heterocycles. The number of hydrogen-bond acceptors (Lipinski definition) is 4. The molecule has 0 atom stereocenters. The fourth-order valence-electron chi connectivity index (χ4n) is 2.64. The first-order valence-electron chi connectivity index (χ1n) is 8.30. The number of carbonyl (C=O) groups excluding carboxylic acids is 1. The second-order valence-electron chi connectivity index (χ2n) is 6.10. The SMILES string of the molecule is Cc1ccc(NC(=O)Cc2csc(CCc3ccccn3)n2)c(C)c1. The number of nitrogens with one attached hydrogen (secondary N) is 1. The molecule has 3 aromatic rings. The van der Waals surface area contributed by atoms with Crippen molar-refractivity contribution in [1.82, 2.24) is 9.97 Å². The van der Waals surface area contributed by atoms with Crippen LogP contribution in [0.5, 0.6) is 0 Å². The maximum absolute atomic E-state index is 12.3. The molecule has 1 amide bonds. The predicted octanol–water partition coefficient (Wildman–Crippen LogP) is 4.12. The van der Waals surface area contributed by atoms with Crippen LogP contribution in [-0.2, 0) is 24.1 Å². The van der Waals surface area contributed by atoms with Gasteiger partial charge >= 0.3 is 0 Å². The number of nitrogens with zero attached hydrogens (tertiary/aromatic N) is 2. The molecule has 1 N–H and O–H groups in total. The van der Waals surface area contributed by atoms with Gasteiger partial charge in [-0.15, -0.1) is 11.3 Å². The Morgan fingerprint density at radius 1 is 1.12 bits per heavy atom. The second kappa shape index (κ2) is 8.03. The molecule has 0 aliphatic carbocycles. The second-order valence-corrected chi connectivity index (χ2v) is 7.04. The number of thiazole rings is 1. The standard InChI is InChI=1S/C20H21N3OS/c1-14-6-8-18(15(2)11-14)23-19(24)12-17-13-25-20(22-17)9-7-16-5-3-4-10-21-16/h3-6,8,10-11,13H,7,9,12H2,1-2H3,(H,23,24). The van der Waals surface area contributed by atoms with Gasteiger partial charge in [0.1, 0.15) is 0 Å². The Morgan fingerprint density at radius 2 is 2.00 bits per heavy atom. The summed E-state index contributed by atoms with van der Waals surface area (Å²) in [5.41, 5.74) is 5.01. The highest BCUT2D eigenvalue weighted by molar-refractivity contribution is 7.09. The van der Waals surface area contributed by atoms with Gasteiger partial charge in [0, 0.05) is 29.4 Å². The molecule has 0 radical (unpaired) electrons. The van der Waals surface area contributed by atoms with Crippen molar-refractivity contribution in [2.24, 2.45) is 0 Å². The molecule has 0 fully saturated rings. The summed E-state index contributed by atoms with van der Waals surface area (Å²) in [6.45, 7) is 4.04. The maximum Gasteiger partial charge on any atom is 0.230 e. The Hall–Kier alpha value is -2.53. The lowest BCUT2D eigenvalue weighted by Crippen LogP contribution is -2.15. The van der Waals surface area contributed by atoms with Crippen molar-refractivity contribution >= 4 is 22.9 Å². The Labute approximate surface area is 152 Å². The number of amides is 1. The van der Waals surface area contributed by atoms with Crippen molar-refractivity contribution in [2.75, 3.05) is 5.32 Å². The molecule has 0 aliphatic rings. The number of anilines is 1. The highest BCUT2D eigenvalue weighted by Gasteiger charge is 2.10. The number of rotatable bonds is 6. The molecular formula is C20H21N3OS. The third kappa shape index (κ3) is 4.97. The van der Waals surface area contributed by atoms with E-state index in [-0.39, 0.29) is 5.91 Å². The molecule has 5 heteroatoms. The molecule has 0 spiro atoms. The van der Waals surface area contributed by atoms with E-state index >= 15 is 0 Å². The highest BCUT2D eigenvalue weighted by Crippen LogP contribution is 2.17. The average molecular weight is 351 g/mol. The van der Waals surface area contributed by atoms with Crippen LogP contribution in [0.2, 0.25) is 0 Å². The fourth-order valence-corrected chi connectivity index (χ4v) is 3.44. The summed E-state index contributed by atoms with van der Waals surface area (Å²) >= 11 is 1.60. The molecule has 0 saturated carbocycles. The van der Waals surface area contributed by atoms with Gasteiger partial charge in [0.15, 0.2) is 0 Å². The van der Waals surface area contributed by atoms with E-state index in [2.05, 4.69) is 21.4 Å². The van der Waals surface area contributed by atoms with Crippen LogP contribution in [0, 0.1) is 13.8 Å². The normalized spacial score (nSPS) is 10.6. The fraction of sp³-hybridized carbons (Fsp3) is 0.250. The topological polar surface area (TPSA) is 54.9 Å². The molecular weight excluding hydrogens is 330 g/mol. The van der Waals surface area contributed by atoms with Crippen LogP contribution >= 0.6 is 11.3 Å². The van der Waals surface area contributed by atoms with Crippen LogP contribution in [0.25, 0.3) is 0 Å². The maximum atomic E-state index is 12.3. The van der Waals surface area contributed by atoms with Crippen molar-refractivity contribution in [3.05, 3.63) is 75.5 Å². The van der Waals surface area contributed by atoms with E-state index < -0.39 is 0 Å². The van der Waals surface area contributed by atoms with Gasteiger partial charge in [0.2, 0.25) is 5.91 Å². The van der Waals surface area contributed by atoms with Gasteiger partial charge in [-0.3, -0.25) is 9.78 Å². The van der Waals surface area contributed by atoms with Crippen molar-refractivity contribution in [3.8, 4) is 0 Å². The Morgan fingerprint density at radius 3 is 2.76 bits per heavy atom. The first-order valence-corrected chi connectivity index (χ1v) is 9.18. The average Bonchev–Trinajstić information content (AvgIpc) is 3.04. The lowest BCUT2D eigenvalue weighted by molar-refractivity contribution is -0.115. The molecule has 2 aromatic heterocycles. The minimum absolute atomic E-state index is 0.0338. The van der Waals surface area contributed by atoms with E-state index in [4.69, 9.17) is 0 Å². The largest absolute Gasteiger partial charge is 0.326 e. The van der Waals surface area contributed by atoms with Gasteiger partial charge in [0.05, 0.1) is 17.1 Å². The third-order valence-electron chi connectivity index (χ3n) is 3.92. The Balaban J connectivity index is 1.54. The molecule has 128 valence electrons. The summed E-state index contributed by atoms with van der Waals surface area (Å²) in [7, 11) is 0. The van der Waals surface area contributed by atoms with Crippen LogP contribution in [0.15, 0.2) is 48.0 Å². The molecule has 0 unspecified atom stereocenters. The first-order chi connectivity index (χ1) is 12.1. The van der Waals surface area contributed by atoms with E-state index in [0.717, 1.165) is 40.5 Å². The minimum Gasteiger partial charge on any atom is -0.326 e. The summed E-state index contributed by atoms with van der Waals surface area (Å²) in [6, 6.07) is 11.9. The lowest BCUT2D eigenvalue weighted by atomic mass is 10.1. The van der Waals surface area contributed by atoms with Crippen LogP contribution in [0.1, 0.15) is 27.5 Å². The van der Waals surface area contributed by atoms with Gasteiger partial charge in [-0.1, -0.05) is 23.8 Å². The van der Waals surface area contributed by atoms with Gasteiger partial charge < -0.3 is 5.32 Å². The zero-order chi connectivity index (χ0) is 17.6. The molecule has 4 nitrogen and oxygen atoms in total. The number of aryl methyl sites for hydroxylation is 4. The number of aromatic nitrogens is 2.